The van der Waals surface area contributed by atoms with Gasteiger partial charge >= 0.3 is 0 Å². The molecule has 1 aliphatic rings. The predicted octanol–water partition coefficient (Wildman–Crippen LogP) is 0.509. The van der Waals surface area contributed by atoms with Crippen LogP contribution in [0.15, 0.2) is 0 Å². The molecule has 0 aromatic carbocycles. The van der Waals surface area contributed by atoms with Gasteiger partial charge in [0, 0.05) is 12.6 Å². The van der Waals surface area contributed by atoms with Gasteiger partial charge in [-0.1, -0.05) is 12.2 Å². The summed E-state index contributed by atoms with van der Waals surface area (Å²) in [5.74, 6) is -0.0831. The molecule has 0 bridgehead atoms. The first kappa shape index (κ1) is 13.4. The Morgan fingerprint density at radius 2 is 2.25 bits per heavy atom. The van der Waals surface area contributed by atoms with Crippen molar-refractivity contribution in [2.24, 2.45) is 11.1 Å². The normalized spacial score (nSPS) is 22.1. The lowest BCUT2D eigenvalue weighted by molar-refractivity contribution is -0.126. The minimum absolute atomic E-state index is 0.0831. The highest BCUT2D eigenvalue weighted by atomic mass is 32.1. The van der Waals surface area contributed by atoms with E-state index in [-0.39, 0.29) is 10.9 Å². The lowest BCUT2D eigenvalue weighted by atomic mass is 9.92. The molecule has 1 rings (SSSR count). The molecule has 0 saturated carbocycles. The zero-order valence-electron chi connectivity index (χ0n) is 10.2. The number of nitrogens with two attached hydrogens (primary N) is 1. The summed E-state index contributed by atoms with van der Waals surface area (Å²) >= 11 is 4.89. The predicted molar refractivity (Wildman–Crippen MR) is 69.2 cm³/mol. The molecule has 1 aliphatic heterocycles. The van der Waals surface area contributed by atoms with Crippen LogP contribution < -0.4 is 11.1 Å². The number of hydrogen-bond donors (Lipinski definition) is 2. The lowest BCUT2D eigenvalue weighted by Gasteiger charge is -2.25. The molecule has 1 amide bonds. The fourth-order valence-corrected chi connectivity index (χ4v) is 1.87. The maximum absolute atomic E-state index is 11.9. The van der Waals surface area contributed by atoms with Crippen LogP contribution in [0.25, 0.3) is 0 Å². The first-order valence-electron chi connectivity index (χ1n) is 5.64. The van der Waals surface area contributed by atoms with Crippen molar-refractivity contribution in [3.8, 4) is 0 Å². The van der Waals surface area contributed by atoms with E-state index in [0.717, 1.165) is 13.0 Å². The second-order valence-corrected chi connectivity index (χ2v) is 5.42. The van der Waals surface area contributed by atoms with Crippen LogP contribution in [-0.4, -0.2) is 42.0 Å². The van der Waals surface area contributed by atoms with Crippen LogP contribution in [-0.2, 0) is 4.79 Å². The van der Waals surface area contributed by atoms with Gasteiger partial charge in [0.1, 0.15) is 0 Å². The van der Waals surface area contributed by atoms with Gasteiger partial charge in [-0.15, -0.1) is 0 Å². The van der Waals surface area contributed by atoms with Crippen molar-refractivity contribution in [3.63, 3.8) is 0 Å². The molecule has 3 N–H and O–H groups in total. The quantitative estimate of drug-likeness (QED) is 0.706. The summed E-state index contributed by atoms with van der Waals surface area (Å²) in [5.41, 5.74) is 4.78. The number of likely N-dealkylation sites (tertiary alicyclic amines) is 1. The van der Waals surface area contributed by atoms with Gasteiger partial charge in [0.15, 0.2) is 0 Å². The standard InChI is InChI=1S/C11H21N3OS/c1-11(2,9(12)16)10(15)13-7-8-5-4-6-14(8)3/h8H,4-7H2,1-3H3,(H2,12,16)(H,13,15). The lowest BCUT2D eigenvalue weighted by Crippen LogP contribution is -2.48. The SMILES string of the molecule is CN1CCCC1CNC(=O)C(C)(C)C(N)=S. The van der Waals surface area contributed by atoms with Crippen molar-refractivity contribution in [1.29, 1.82) is 0 Å². The summed E-state index contributed by atoms with van der Waals surface area (Å²) in [6.45, 7) is 5.30. The number of carbonyl (C=O) groups is 1. The van der Waals surface area contributed by atoms with Gasteiger partial charge in [-0.25, -0.2) is 0 Å². The minimum atomic E-state index is -0.757. The van der Waals surface area contributed by atoms with E-state index in [0.29, 0.717) is 12.6 Å². The Hall–Kier alpha value is -0.680. The molecule has 0 aliphatic carbocycles. The fraction of sp³-hybridized carbons (Fsp3) is 0.818. The van der Waals surface area contributed by atoms with E-state index in [2.05, 4.69) is 17.3 Å². The third-order valence-electron chi connectivity index (χ3n) is 3.35. The maximum atomic E-state index is 11.9. The Morgan fingerprint density at radius 3 is 2.69 bits per heavy atom. The Bertz CT molecular complexity index is 291. The molecule has 1 heterocycles. The number of likely N-dealkylation sites (N-methyl/N-ethyl adjacent to an activating group) is 1. The molecule has 1 fully saturated rings. The molecule has 5 heteroatoms. The molecule has 16 heavy (non-hydrogen) atoms. The molecular weight excluding hydrogens is 222 g/mol. The highest BCUT2D eigenvalue weighted by molar-refractivity contribution is 7.80. The minimum Gasteiger partial charge on any atom is -0.392 e. The molecule has 0 aromatic heterocycles. The zero-order chi connectivity index (χ0) is 12.3. The number of amides is 1. The van der Waals surface area contributed by atoms with Crippen LogP contribution in [0.5, 0.6) is 0 Å². The van der Waals surface area contributed by atoms with Gasteiger partial charge in [0.25, 0.3) is 0 Å². The smallest absolute Gasteiger partial charge is 0.232 e. The number of hydrogen-bond acceptors (Lipinski definition) is 3. The van der Waals surface area contributed by atoms with Crippen molar-refractivity contribution in [2.45, 2.75) is 32.7 Å². The van der Waals surface area contributed by atoms with Gasteiger partial charge < -0.3 is 16.0 Å². The van der Waals surface area contributed by atoms with Crippen LogP contribution >= 0.6 is 12.2 Å². The topological polar surface area (TPSA) is 58.4 Å². The fourth-order valence-electron chi connectivity index (χ4n) is 1.78. The van der Waals surface area contributed by atoms with Gasteiger partial charge in [-0.2, -0.15) is 0 Å². The molecule has 4 nitrogen and oxygen atoms in total. The summed E-state index contributed by atoms with van der Waals surface area (Å²) < 4.78 is 0. The maximum Gasteiger partial charge on any atom is 0.232 e. The molecule has 0 aromatic rings. The summed E-state index contributed by atoms with van der Waals surface area (Å²) in [5, 5.41) is 2.93. The van der Waals surface area contributed by atoms with E-state index in [4.69, 9.17) is 18.0 Å². The molecular formula is C11H21N3OS. The van der Waals surface area contributed by atoms with E-state index in [1.54, 1.807) is 13.8 Å². The molecule has 0 radical (unpaired) electrons. The van der Waals surface area contributed by atoms with Crippen LogP contribution in [0.2, 0.25) is 0 Å². The van der Waals surface area contributed by atoms with Crippen molar-refractivity contribution in [1.82, 2.24) is 10.2 Å². The number of thiocarbonyl (C=S) groups is 1. The average molecular weight is 243 g/mol. The Kier molecular flexibility index (Phi) is 4.27. The number of nitrogens with one attached hydrogen (secondary N) is 1. The van der Waals surface area contributed by atoms with Crippen LogP contribution in [0.1, 0.15) is 26.7 Å². The molecule has 1 unspecified atom stereocenters. The second-order valence-electron chi connectivity index (χ2n) is 4.98. The molecule has 0 spiro atoms. The summed E-state index contributed by atoms with van der Waals surface area (Å²) in [6, 6.07) is 0.450. The summed E-state index contributed by atoms with van der Waals surface area (Å²) in [7, 11) is 2.09. The highest BCUT2D eigenvalue weighted by Crippen LogP contribution is 2.17. The highest BCUT2D eigenvalue weighted by Gasteiger charge is 2.31. The average Bonchev–Trinajstić information content (AvgIpc) is 2.60. The van der Waals surface area contributed by atoms with Crippen molar-refractivity contribution >= 4 is 23.1 Å². The molecule has 92 valence electrons. The van der Waals surface area contributed by atoms with Crippen LogP contribution in [0.3, 0.4) is 0 Å². The van der Waals surface area contributed by atoms with Crippen molar-refractivity contribution in [2.75, 3.05) is 20.1 Å². The first-order chi connectivity index (χ1) is 7.35. The van der Waals surface area contributed by atoms with Gasteiger partial charge in [-0.3, -0.25) is 4.79 Å². The second kappa shape index (κ2) is 5.10. The van der Waals surface area contributed by atoms with E-state index >= 15 is 0 Å². The Balaban J connectivity index is 2.43. The monoisotopic (exact) mass is 243 g/mol. The molecule has 1 atom stereocenters. The van der Waals surface area contributed by atoms with E-state index in [1.807, 2.05) is 0 Å². The Labute approximate surface area is 103 Å². The third kappa shape index (κ3) is 2.92. The molecule has 1 saturated heterocycles. The van der Waals surface area contributed by atoms with Crippen LogP contribution in [0, 0.1) is 5.41 Å². The van der Waals surface area contributed by atoms with Crippen molar-refractivity contribution < 1.29 is 4.79 Å². The number of rotatable bonds is 4. The van der Waals surface area contributed by atoms with E-state index in [9.17, 15) is 4.79 Å². The summed E-state index contributed by atoms with van der Waals surface area (Å²) in [6.07, 6.45) is 2.35. The van der Waals surface area contributed by atoms with Crippen molar-refractivity contribution in [3.05, 3.63) is 0 Å². The van der Waals surface area contributed by atoms with E-state index < -0.39 is 5.41 Å². The third-order valence-corrected chi connectivity index (χ3v) is 3.86. The van der Waals surface area contributed by atoms with Gasteiger partial charge in [0.05, 0.1) is 10.4 Å². The Morgan fingerprint density at radius 1 is 1.62 bits per heavy atom. The number of nitrogens with zero attached hydrogens (tertiary/aromatic N) is 1. The van der Waals surface area contributed by atoms with Crippen LogP contribution in [0.4, 0.5) is 0 Å². The van der Waals surface area contributed by atoms with Gasteiger partial charge in [0.2, 0.25) is 5.91 Å². The number of carbonyl (C=O) groups excluding carboxylic acids is 1. The van der Waals surface area contributed by atoms with Gasteiger partial charge in [-0.05, 0) is 40.3 Å². The zero-order valence-corrected chi connectivity index (χ0v) is 11.1. The first-order valence-corrected chi connectivity index (χ1v) is 6.05. The van der Waals surface area contributed by atoms with E-state index in [1.165, 1.54) is 6.42 Å². The summed E-state index contributed by atoms with van der Waals surface area (Å²) in [4.78, 5) is 14.4. The largest absolute Gasteiger partial charge is 0.392 e.